The Morgan fingerprint density at radius 2 is 1.68 bits per heavy atom. The van der Waals surface area contributed by atoms with Crippen LogP contribution in [0.3, 0.4) is 0 Å². The normalized spacial score (nSPS) is 11.6. The molecule has 170 valence electrons. The number of likely N-dealkylation sites (N-methyl/N-ethyl adjacent to an activating group) is 1. The van der Waals surface area contributed by atoms with Crippen LogP contribution >= 0.6 is 11.6 Å². The van der Waals surface area contributed by atoms with Gasteiger partial charge < -0.3 is 15.0 Å². The molecule has 1 N–H and O–H groups in total. The van der Waals surface area contributed by atoms with Crippen molar-refractivity contribution in [1.82, 2.24) is 9.21 Å². The third-order valence-electron chi connectivity index (χ3n) is 4.47. The maximum absolute atomic E-state index is 12.6. The van der Waals surface area contributed by atoms with Gasteiger partial charge in [0.05, 0.1) is 22.8 Å². The first-order valence-electron chi connectivity index (χ1n) is 9.61. The fourth-order valence-corrected chi connectivity index (χ4v) is 3.80. The van der Waals surface area contributed by atoms with Crippen molar-refractivity contribution in [3.8, 4) is 5.75 Å². The lowest BCUT2D eigenvalue weighted by Crippen LogP contribution is -2.33. The Kier molecular flexibility index (Phi) is 8.69. The molecule has 0 saturated heterocycles. The largest absolute Gasteiger partial charge is 0.492 e. The summed E-state index contributed by atoms with van der Waals surface area (Å²) < 4.78 is 31.7. The first-order valence-corrected chi connectivity index (χ1v) is 11.4. The van der Waals surface area contributed by atoms with Crippen LogP contribution in [0.15, 0.2) is 47.4 Å². The van der Waals surface area contributed by atoms with E-state index in [1.54, 1.807) is 30.3 Å². The minimum absolute atomic E-state index is 0.114. The number of nitrogens with one attached hydrogen (secondary N) is 1. The highest BCUT2D eigenvalue weighted by atomic mass is 35.5. The van der Waals surface area contributed by atoms with Crippen LogP contribution in [-0.2, 0) is 14.8 Å². The fourth-order valence-electron chi connectivity index (χ4n) is 2.74. The monoisotopic (exact) mass is 468 g/mol. The lowest BCUT2D eigenvalue weighted by Gasteiger charge is -2.21. The molecule has 2 aromatic rings. The Bertz CT molecular complexity index is 995. The van der Waals surface area contributed by atoms with Gasteiger partial charge in [-0.05, 0) is 49.5 Å². The molecule has 1 amide bonds. The number of amides is 1. The number of rotatable bonds is 10. The van der Waals surface area contributed by atoms with Crippen LogP contribution in [0, 0.1) is 0 Å². The highest BCUT2D eigenvalue weighted by Crippen LogP contribution is 2.28. The van der Waals surface area contributed by atoms with Gasteiger partial charge in [0.25, 0.3) is 0 Å². The van der Waals surface area contributed by atoms with Crippen molar-refractivity contribution in [2.75, 3.05) is 65.2 Å². The number of hydrogen-bond acceptors (Lipinski definition) is 6. The molecule has 0 unspecified atom stereocenters. The Morgan fingerprint density at radius 1 is 1.03 bits per heavy atom. The SMILES string of the molecule is CN(CCOc1ccc(Cl)cc1)CC(=O)Nc1cc(S(=O)(=O)N(C)C)ccc1N(C)C. The van der Waals surface area contributed by atoms with Crippen molar-refractivity contribution < 1.29 is 17.9 Å². The summed E-state index contributed by atoms with van der Waals surface area (Å²) in [4.78, 5) is 16.3. The van der Waals surface area contributed by atoms with Gasteiger partial charge in [0.1, 0.15) is 12.4 Å². The van der Waals surface area contributed by atoms with E-state index in [1.807, 2.05) is 30.9 Å². The smallest absolute Gasteiger partial charge is 0.242 e. The van der Waals surface area contributed by atoms with Crippen molar-refractivity contribution in [3.05, 3.63) is 47.5 Å². The molecular weight excluding hydrogens is 440 g/mol. The summed E-state index contributed by atoms with van der Waals surface area (Å²) in [5, 5.41) is 3.47. The van der Waals surface area contributed by atoms with Gasteiger partial charge in [-0.3, -0.25) is 9.69 Å². The number of anilines is 2. The number of ether oxygens (including phenoxy) is 1. The van der Waals surface area contributed by atoms with Crippen LogP contribution in [0.4, 0.5) is 11.4 Å². The summed E-state index contributed by atoms with van der Waals surface area (Å²) in [5.41, 5.74) is 1.14. The molecule has 0 spiro atoms. The van der Waals surface area contributed by atoms with Gasteiger partial charge in [-0.25, -0.2) is 12.7 Å². The van der Waals surface area contributed by atoms with Crippen molar-refractivity contribution in [2.24, 2.45) is 0 Å². The molecule has 0 radical (unpaired) electrons. The van der Waals surface area contributed by atoms with Gasteiger partial charge in [0, 0.05) is 39.8 Å². The Morgan fingerprint density at radius 3 is 2.26 bits per heavy atom. The summed E-state index contributed by atoms with van der Waals surface area (Å²) in [6, 6.07) is 11.8. The number of hydrogen-bond donors (Lipinski definition) is 1. The summed E-state index contributed by atoms with van der Waals surface area (Å²) in [6.45, 7) is 1.07. The second-order valence-electron chi connectivity index (χ2n) is 7.45. The molecule has 0 aliphatic heterocycles. The summed E-state index contributed by atoms with van der Waals surface area (Å²) in [5.74, 6) is 0.452. The molecule has 0 saturated carbocycles. The number of benzene rings is 2. The van der Waals surface area contributed by atoms with Gasteiger partial charge in [0.15, 0.2) is 0 Å². The van der Waals surface area contributed by atoms with Gasteiger partial charge in [-0.15, -0.1) is 0 Å². The topological polar surface area (TPSA) is 82.2 Å². The number of sulfonamides is 1. The molecule has 2 aromatic carbocycles. The Hall–Kier alpha value is -2.33. The van der Waals surface area contributed by atoms with E-state index in [9.17, 15) is 13.2 Å². The maximum atomic E-state index is 12.6. The van der Waals surface area contributed by atoms with Gasteiger partial charge in [0.2, 0.25) is 15.9 Å². The van der Waals surface area contributed by atoms with Crippen LogP contribution in [-0.4, -0.2) is 78.5 Å². The van der Waals surface area contributed by atoms with E-state index in [-0.39, 0.29) is 17.3 Å². The molecule has 0 aliphatic carbocycles. The van der Waals surface area contributed by atoms with E-state index >= 15 is 0 Å². The number of nitrogens with zero attached hydrogens (tertiary/aromatic N) is 3. The Balaban J connectivity index is 2.00. The van der Waals surface area contributed by atoms with Crippen LogP contribution in [0.1, 0.15) is 0 Å². The molecule has 0 aromatic heterocycles. The second-order valence-corrected chi connectivity index (χ2v) is 10.0. The zero-order valence-corrected chi connectivity index (χ0v) is 20.0. The van der Waals surface area contributed by atoms with E-state index in [1.165, 1.54) is 26.2 Å². The van der Waals surface area contributed by atoms with Gasteiger partial charge in [-0.1, -0.05) is 11.6 Å². The molecule has 2 rings (SSSR count). The molecule has 0 fully saturated rings. The lowest BCUT2D eigenvalue weighted by atomic mass is 10.2. The highest BCUT2D eigenvalue weighted by Gasteiger charge is 2.20. The van der Waals surface area contributed by atoms with E-state index in [0.717, 1.165) is 4.31 Å². The van der Waals surface area contributed by atoms with E-state index < -0.39 is 10.0 Å². The van der Waals surface area contributed by atoms with Gasteiger partial charge in [-0.2, -0.15) is 0 Å². The minimum Gasteiger partial charge on any atom is -0.492 e. The molecule has 0 aliphatic rings. The zero-order valence-electron chi connectivity index (χ0n) is 18.4. The number of carbonyl (C=O) groups is 1. The van der Waals surface area contributed by atoms with Crippen LogP contribution < -0.4 is 15.0 Å². The van der Waals surface area contributed by atoms with E-state index in [2.05, 4.69) is 5.32 Å². The first kappa shape index (κ1) is 24.9. The molecule has 0 atom stereocenters. The average molecular weight is 469 g/mol. The minimum atomic E-state index is -3.61. The zero-order chi connectivity index (χ0) is 23.2. The van der Waals surface area contributed by atoms with Crippen LogP contribution in [0.5, 0.6) is 5.75 Å². The Labute approximate surface area is 189 Å². The maximum Gasteiger partial charge on any atom is 0.242 e. The second kappa shape index (κ2) is 10.8. The van der Waals surface area contributed by atoms with Crippen molar-refractivity contribution in [2.45, 2.75) is 4.90 Å². The average Bonchev–Trinajstić information content (AvgIpc) is 2.69. The van der Waals surface area contributed by atoms with E-state index in [4.69, 9.17) is 16.3 Å². The molecule has 8 nitrogen and oxygen atoms in total. The summed E-state index contributed by atoms with van der Waals surface area (Å²) in [7, 11) is 4.78. The third-order valence-corrected chi connectivity index (χ3v) is 6.53. The van der Waals surface area contributed by atoms with Gasteiger partial charge >= 0.3 is 0 Å². The third kappa shape index (κ3) is 7.10. The standard InChI is InChI=1S/C21H29ClN4O4S/c1-24(2)20-11-10-18(31(28,29)25(3)4)14-19(20)23-21(27)15-26(5)12-13-30-17-8-6-16(22)7-9-17/h6-11,14H,12-13,15H2,1-5H3,(H,23,27). The number of halogens is 1. The molecule has 0 bridgehead atoms. The first-order chi connectivity index (χ1) is 14.5. The van der Waals surface area contributed by atoms with E-state index in [0.29, 0.717) is 35.3 Å². The molecular formula is C21H29ClN4O4S. The van der Waals surface area contributed by atoms with Crippen molar-refractivity contribution in [3.63, 3.8) is 0 Å². The molecule has 31 heavy (non-hydrogen) atoms. The summed E-state index contributed by atoms with van der Waals surface area (Å²) in [6.07, 6.45) is 0. The highest BCUT2D eigenvalue weighted by molar-refractivity contribution is 7.89. The van der Waals surface area contributed by atoms with Crippen LogP contribution in [0.2, 0.25) is 5.02 Å². The lowest BCUT2D eigenvalue weighted by molar-refractivity contribution is -0.117. The van der Waals surface area contributed by atoms with Crippen molar-refractivity contribution >= 4 is 38.9 Å². The van der Waals surface area contributed by atoms with Crippen LogP contribution in [0.25, 0.3) is 0 Å². The predicted molar refractivity (Wildman–Crippen MR) is 125 cm³/mol. The molecule has 0 heterocycles. The van der Waals surface area contributed by atoms with Crippen molar-refractivity contribution in [1.29, 1.82) is 0 Å². The number of carbonyl (C=O) groups excluding carboxylic acids is 1. The summed E-state index contributed by atoms with van der Waals surface area (Å²) >= 11 is 5.85. The fraction of sp³-hybridized carbons (Fsp3) is 0.381. The predicted octanol–water partition coefficient (Wildman–Crippen LogP) is 2.61. The molecule has 10 heteroatoms. The quantitative estimate of drug-likeness (QED) is 0.577.